The molecule has 148 valence electrons. The first-order valence-electron chi connectivity index (χ1n) is 8.77. The van der Waals surface area contributed by atoms with E-state index in [2.05, 4.69) is 21.8 Å². The predicted molar refractivity (Wildman–Crippen MR) is 121 cm³/mol. The van der Waals surface area contributed by atoms with E-state index < -0.39 is 9.84 Å². The van der Waals surface area contributed by atoms with Crippen molar-refractivity contribution in [3.63, 3.8) is 0 Å². The smallest absolute Gasteiger partial charge is 0.193 e. The summed E-state index contributed by atoms with van der Waals surface area (Å²) in [4.78, 5) is 7.13. The molecule has 0 aromatic heterocycles. The van der Waals surface area contributed by atoms with Crippen molar-refractivity contribution in [1.82, 2.24) is 10.2 Å². The molecule has 0 fully saturated rings. The Labute approximate surface area is 175 Å². The quantitative estimate of drug-likeness (QED) is 0.177. The first kappa shape index (κ1) is 24.9. The van der Waals surface area contributed by atoms with E-state index in [4.69, 9.17) is 0 Å². The van der Waals surface area contributed by atoms with Gasteiger partial charge in [-0.25, -0.2) is 13.4 Å². The highest BCUT2D eigenvalue weighted by Gasteiger charge is 2.07. The lowest BCUT2D eigenvalue weighted by Crippen LogP contribution is -2.39. The van der Waals surface area contributed by atoms with E-state index in [0.29, 0.717) is 11.4 Å². The molecule has 0 aliphatic rings. The molecule has 0 heterocycles. The van der Waals surface area contributed by atoms with E-state index in [1.165, 1.54) is 19.1 Å². The van der Waals surface area contributed by atoms with E-state index in [1.54, 1.807) is 12.1 Å². The number of aliphatic imine (C=N–C) groups is 1. The normalized spacial score (nSPS) is 11.6. The van der Waals surface area contributed by atoms with Crippen molar-refractivity contribution >= 4 is 39.8 Å². The molecule has 0 radical (unpaired) electrons. The molecular formula is C19H32IN3O2S. The molecule has 5 nitrogen and oxygen atoms in total. The van der Waals surface area contributed by atoms with Gasteiger partial charge in [0.15, 0.2) is 15.8 Å². The van der Waals surface area contributed by atoms with Crippen LogP contribution in [0.3, 0.4) is 0 Å². The highest BCUT2D eigenvalue weighted by Crippen LogP contribution is 2.11. The number of allylic oxidation sites excluding steroid dienone is 1. The summed E-state index contributed by atoms with van der Waals surface area (Å²) in [5.74, 6) is 0.874. The maximum Gasteiger partial charge on any atom is 0.193 e. The van der Waals surface area contributed by atoms with Gasteiger partial charge in [0.2, 0.25) is 0 Å². The van der Waals surface area contributed by atoms with Gasteiger partial charge in [-0.2, -0.15) is 0 Å². The average molecular weight is 493 g/mol. The molecule has 1 N–H and O–H groups in total. The van der Waals surface area contributed by atoms with Crippen LogP contribution in [0.15, 0.2) is 46.8 Å². The van der Waals surface area contributed by atoms with E-state index in [1.807, 2.05) is 32.2 Å². The molecule has 0 spiro atoms. The van der Waals surface area contributed by atoms with Gasteiger partial charge in [0.05, 0.1) is 11.4 Å². The fraction of sp³-hybridized carbons (Fsp3) is 0.526. The third-order valence-corrected chi connectivity index (χ3v) is 4.99. The van der Waals surface area contributed by atoms with Crippen LogP contribution < -0.4 is 5.32 Å². The molecule has 1 aromatic carbocycles. The van der Waals surface area contributed by atoms with Gasteiger partial charge < -0.3 is 10.2 Å². The summed E-state index contributed by atoms with van der Waals surface area (Å²) in [5, 5.41) is 3.30. The summed E-state index contributed by atoms with van der Waals surface area (Å²) in [6, 6.07) is 6.91. The van der Waals surface area contributed by atoms with Crippen molar-refractivity contribution in [3.05, 3.63) is 42.5 Å². The molecule has 1 aromatic rings. The van der Waals surface area contributed by atoms with Gasteiger partial charge in [0.25, 0.3) is 0 Å². The first-order chi connectivity index (χ1) is 11.9. The number of rotatable bonds is 10. The zero-order valence-corrected chi connectivity index (χ0v) is 19.2. The monoisotopic (exact) mass is 493 g/mol. The van der Waals surface area contributed by atoms with E-state index in [9.17, 15) is 8.42 Å². The minimum Gasteiger partial charge on any atom is -0.357 e. The van der Waals surface area contributed by atoms with Crippen LogP contribution in [-0.4, -0.2) is 45.7 Å². The number of nitrogens with one attached hydrogen (secondary N) is 1. The SMILES string of the molecule is C=CCCCCCN(C)C(=NCc1ccc(S(C)(=O)=O)cc1)NCC.I. The lowest BCUT2D eigenvalue weighted by Gasteiger charge is -2.22. The van der Waals surface area contributed by atoms with Crippen molar-refractivity contribution in [3.8, 4) is 0 Å². The van der Waals surface area contributed by atoms with Crippen molar-refractivity contribution in [1.29, 1.82) is 0 Å². The number of halogens is 1. The van der Waals surface area contributed by atoms with Gasteiger partial charge in [-0.05, 0) is 43.9 Å². The Morgan fingerprint density at radius 1 is 1.23 bits per heavy atom. The van der Waals surface area contributed by atoms with Crippen LogP contribution in [0.1, 0.15) is 38.2 Å². The summed E-state index contributed by atoms with van der Waals surface area (Å²) >= 11 is 0. The molecule has 0 atom stereocenters. The van der Waals surface area contributed by atoms with Crippen LogP contribution in [0.2, 0.25) is 0 Å². The number of unbranched alkanes of at least 4 members (excludes halogenated alkanes) is 3. The predicted octanol–water partition coefficient (Wildman–Crippen LogP) is 3.85. The number of nitrogens with zero attached hydrogens (tertiary/aromatic N) is 2. The van der Waals surface area contributed by atoms with Gasteiger partial charge in [-0.3, -0.25) is 0 Å². The number of guanidine groups is 1. The highest BCUT2D eigenvalue weighted by atomic mass is 127. The second-order valence-electron chi connectivity index (χ2n) is 6.15. The van der Waals surface area contributed by atoms with E-state index >= 15 is 0 Å². The fourth-order valence-electron chi connectivity index (χ4n) is 2.40. The zero-order valence-electron chi connectivity index (χ0n) is 16.1. The van der Waals surface area contributed by atoms with Gasteiger partial charge in [0, 0.05) is 26.4 Å². The summed E-state index contributed by atoms with van der Waals surface area (Å²) in [6.45, 7) is 8.08. The Morgan fingerprint density at radius 2 is 1.88 bits per heavy atom. The lowest BCUT2D eigenvalue weighted by atomic mass is 10.2. The topological polar surface area (TPSA) is 61.8 Å². The van der Waals surface area contributed by atoms with E-state index in [-0.39, 0.29) is 24.0 Å². The Balaban J connectivity index is 0.00000625. The maximum atomic E-state index is 11.5. The summed E-state index contributed by atoms with van der Waals surface area (Å²) < 4.78 is 23.0. The number of hydrogen-bond acceptors (Lipinski definition) is 3. The van der Waals surface area contributed by atoms with Gasteiger partial charge in [0.1, 0.15) is 0 Å². The number of benzene rings is 1. The van der Waals surface area contributed by atoms with Gasteiger partial charge in [-0.1, -0.05) is 24.6 Å². The van der Waals surface area contributed by atoms with E-state index in [0.717, 1.165) is 37.5 Å². The fourth-order valence-corrected chi connectivity index (χ4v) is 3.03. The van der Waals surface area contributed by atoms with Gasteiger partial charge in [-0.15, -0.1) is 30.6 Å². The van der Waals surface area contributed by atoms with Crippen LogP contribution in [0.4, 0.5) is 0 Å². The number of hydrogen-bond donors (Lipinski definition) is 1. The van der Waals surface area contributed by atoms with Crippen molar-refractivity contribution < 1.29 is 8.42 Å². The minimum atomic E-state index is -3.15. The van der Waals surface area contributed by atoms with Crippen molar-refractivity contribution in [2.24, 2.45) is 4.99 Å². The van der Waals surface area contributed by atoms with Crippen LogP contribution in [0, 0.1) is 0 Å². The lowest BCUT2D eigenvalue weighted by molar-refractivity contribution is 0.455. The third kappa shape index (κ3) is 9.56. The van der Waals surface area contributed by atoms with Crippen LogP contribution >= 0.6 is 24.0 Å². The largest absolute Gasteiger partial charge is 0.357 e. The molecule has 7 heteroatoms. The van der Waals surface area contributed by atoms with Crippen molar-refractivity contribution in [2.45, 2.75) is 44.0 Å². The Bertz CT molecular complexity index is 658. The standard InChI is InChI=1S/C19H31N3O2S.HI/c1-5-7-8-9-10-15-22(3)19(20-6-2)21-16-17-11-13-18(14-12-17)25(4,23)24;/h5,11-14H,1,6-10,15-16H2,2-4H3,(H,20,21);1H. The second-order valence-corrected chi connectivity index (χ2v) is 8.16. The maximum absolute atomic E-state index is 11.5. The first-order valence-corrected chi connectivity index (χ1v) is 10.7. The van der Waals surface area contributed by atoms with Crippen LogP contribution in [-0.2, 0) is 16.4 Å². The van der Waals surface area contributed by atoms with Crippen LogP contribution in [0.5, 0.6) is 0 Å². The molecule has 0 aliphatic heterocycles. The van der Waals surface area contributed by atoms with Crippen molar-refractivity contribution in [2.75, 3.05) is 26.4 Å². The molecule has 0 amide bonds. The summed E-state index contributed by atoms with van der Waals surface area (Å²) in [7, 11) is -1.11. The molecular weight excluding hydrogens is 461 g/mol. The Hall–Kier alpha value is -1.09. The molecule has 0 aliphatic carbocycles. The average Bonchev–Trinajstić information content (AvgIpc) is 2.57. The Kier molecular flexibility index (Phi) is 12.6. The van der Waals surface area contributed by atoms with Crippen LogP contribution in [0.25, 0.3) is 0 Å². The summed E-state index contributed by atoms with van der Waals surface area (Å²) in [6.07, 6.45) is 7.73. The summed E-state index contributed by atoms with van der Waals surface area (Å²) in [5.41, 5.74) is 0.988. The molecule has 1 rings (SSSR count). The molecule has 0 saturated carbocycles. The molecule has 26 heavy (non-hydrogen) atoms. The molecule has 0 saturated heterocycles. The third-order valence-electron chi connectivity index (χ3n) is 3.86. The molecule has 0 bridgehead atoms. The zero-order chi connectivity index (χ0) is 18.7. The molecule has 0 unspecified atom stereocenters. The second kappa shape index (κ2) is 13.1. The van der Waals surface area contributed by atoms with Gasteiger partial charge >= 0.3 is 0 Å². The minimum absolute atomic E-state index is 0. The highest BCUT2D eigenvalue weighted by molar-refractivity contribution is 14.0. The Morgan fingerprint density at radius 3 is 2.42 bits per heavy atom. The number of sulfone groups is 1.